The Morgan fingerprint density at radius 3 is 2.33 bits per heavy atom. The van der Waals surface area contributed by atoms with Gasteiger partial charge < -0.3 is 0 Å². The average molecular weight is 269 g/mol. The lowest BCUT2D eigenvalue weighted by atomic mass is 9.93. The van der Waals surface area contributed by atoms with Gasteiger partial charge in [0.1, 0.15) is 0 Å². The molecule has 3 aromatic carbocycles. The van der Waals surface area contributed by atoms with Crippen molar-refractivity contribution >= 4 is 21.7 Å². The van der Waals surface area contributed by atoms with Crippen molar-refractivity contribution < 1.29 is 0 Å². The highest BCUT2D eigenvalue weighted by Gasteiger charge is 2.09. The van der Waals surface area contributed by atoms with Gasteiger partial charge in [-0.15, -0.1) is 0 Å². The van der Waals surface area contributed by atoms with Gasteiger partial charge in [-0.1, -0.05) is 54.6 Å². The van der Waals surface area contributed by atoms with Crippen molar-refractivity contribution in [3.8, 4) is 11.1 Å². The van der Waals surface area contributed by atoms with Crippen LogP contribution in [0.5, 0.6) is 0 Å². The highest BCUT2D eigenvalue weighted by molar-refractivity contribution is 6.12. The van der Waals surface area contributed by atoms with Crippen LogP contribution in [0.15, 0.2) is 72.9 Å². The van der Waals surface area contributed by atoms with Crippen LogP contribution in [0.3, 0.4) is 0 Å². The Kier molecular flexibility index (Phi) is 2.71. The number of benzene rings is 3. The van der Waals surface area contributed by atoms with Gasteiger partial charge in [0.2, 0.25) is 0 Å². The maximum Gasteiger partial charge on any atom is 0.0780 e. The first-order valence-electron chi connectivity index (χ1n) is 7.17. The first kappa shape index (κ1) is 12.1. The molecule has 4 rings (SSSR count). The number of hydrogen-bond acceptors (Lipinski definition) is 1. The zero-order valence-corrected chi connectivity index (χ0v) is 11.9. The van der Waals surface area contributed by atoms with Crippen molar-refractivity contribution in [2.75, 3.05) is 0 Å². The van der Waals surface area contributed by atoms with E-state index in [1.165, 1.54) is 32.8 Å². The largest absolute Gasteiger partial charge is 0.256 e. The Hall–Kier alpha value is -2.67. The molecule has 0 aliphatic rings. The Bertz CT molecular complexity index is 954. The van der Waals surface area contributed by atoms with Crippen molar-refractivity contribution in [3.05, 3.63) is 78.5 Å². The van der Waals surface area contributed by atoms with Crippen molar-refractivity contribution in [1.29, 1.82) is 0 Å². The summed E-state index contributed by atoms with van der Waals surface area (Å²) in [4.78, 5) is 4.57. The van der Waals surface area contributed by atoms with Gasteiger partial charge in [-0.05, 0) is 41.1 Å². The molecule has 100 valence electrons. The third-order valence-corrected chi connectivity index (χ3v) is 4.05. The summed E-state index contributed by atoms with van der Waals surface area (Å²) in [6, 6.07) is 23.5. The quantitative estimate of drug-likeness (QED) is 0.424. The zero-order chi connectivity index (χ0) is 14.2. The summed E-state index contributed by atoms with van der Waals surface area (Å²) in [7, 11) is 0. The fourth-order valence-corrected chi connectivity index (χ4v) is 3.01. The zero-order valence-electron chi connectivity index (χ0n) is 11.9. The molecule has 1 heteroatoms. The van der Waals surface area contributed by atoms with E-state index < -0.39 is 0 Å². The van der Waals surface area contributed by atoms with E-state index in [1.54, 1.807) is 0 Å². The second-order valence-corrected chi connectivity index (χ2v) is 5.36. The maximum absolute atomic E-state index is 4.57. The van der Waals surface area contributed by atoms with Crippen LogP contribution in [0.2, 0.25) is 0 Å². The second kappa shape index (κ2) is 4.71. The van der Waals surface area contributed by atoms with Crippen LogP contribution in [0, 0.1) is 6.92 Å². The summed E-state index contributed by atoms with van der Waals surface area (Å²) in [5, 5.41) is 3.67. The Balaban J connectivity index is 2.20. The maximum atomic E-state index is 4.57. The first-order valence-corrected chi connectivity index (χ1v) is 7.17. The molecule has 1 heterocycles. The number of fused-ring (bicyclic) bond motifs is 3. The number of aryl methyl sites for hydroxylation is 1. The predicted molar refractivity (Wildman–Crippen MR) is 89.4 cm³/mol. The van der Waals surface area contributed by atoms with Gasteiger partial charge >= 0.3 is 0 Å². The minimum Gasteiger partial charge on any atom is -0.256 e. The van der Waals surface area contributed by atoms with Crippen LogP contribution >= 0.6 is 0 Å². The summed E-state index contributed by atoms with van der Waals surface area (Å²) in [6.07, 6.45) is 1.86. The fourth-order valence-electron chi connectivity index (χ4n) is 3.01. The van der Waals surface area contributed by atoms with Gasteiger partial charge in [-0.3, -0.25) is 4.98 Å². The molecule has 0 amide bonds. The lowest BCUT2D eigenvalue weighted by molar-refractivity contribution is 1.42. The molecule has 0 bridgehead atoms. The minimum atomic E-state index is 1.07. The van der Waals surface area contributed by atoms with Crippen LogP contribution < -0.4 is 0 Å². The van der Waals surface area contributed by atoms with Crippen molar-refractivity contribution in [2.24, 2.45) is 0 Å². The fraction of sp³-hybridized carbons (Fsp3) is 0.0500. The standard InChI is InChI=1S/C20H15N/c1-14-7-2-3-9-16(14)19-13-15-8-6-12-21-20(15)18-11-5-4-10-17(18)19/h2-13H,1H3. The number of aromatic nitrogens is 1. The van der Waals surface area contributed by atoms with Crippen LogP contribution in [0.1, 0.15) is 5.56 Å². The van der Waals surface area contributed by atoms with Gasteiger partial charge in [-0.2, -0.15) is 0 Å². The second-order valence-electron chi connectivity index (χ2n) is 5.36. The summed E-state index contributed by atoms with van der Waals surface area (Å²) in [5.41, 5.74) is 4.94. The SMILES string of the molecule is Cc1ccccc1-c1cc2cccnc2c2ccccc12. The van der Waals surface area contributed by atoms with Gasteiger partial charge in [0.25, 0.3) is 0 Å². The predicted octanol–water partition coefficient (Wildman–Crippen LogP) is 5.36. The van der Waals surface area contributed by atoms with Crippen LogP contribution in [-0.4, -0.2) is 4.98 Å². The summed E-state index contributed by atoms with van der Waals surface area (Å²) in [5.74, 6) is 0. The molecule has 4 aromatic rings. The number of rotatable bonds is 1. The lowest BCUT2D eigenvalue weighted by Crippen LogP contribution is -1.88. The average Bonchev–Trinajstić information content (AvgIpc) is 2.55. The van der Waals surface area contributed by atoms with E-state index in [0.29, 0.717) is 0 Å². The van der Waals surface area contributed by atoms with E-state index in [-0.39, 0.29) is 0 Å². The number of pyridine rings is 1. The highest BCUT2D eigenvalue weighted by atomic mass is 14.6. The lowest BCUT2D eigenvalue weighted by Gasteiger charge is -2.12. The first-order chi connectivity index (χ1) is 10.3. The minimum absolute atomic E-state index is 1.07. The van der Waals surface area contributed by atoms with Gasteiger partial charge in [0.05, 0.1) is 5.52 Å². The molecule has 0 unspecified atom stereocenters. The molecule has 0 atom stereocenters. The highest BCUT2D eigenvalue weighted by Crippen LogP contribution is 2.35. The summed E-state index contributed by atoms with van der Waals surface area (Å²) < 4.78 is 0. The van der Waals surface area contributed by atoms with Crippen LogP contribution in [0.25, 0.3) is 32.8 Å². The number of nitrogens with zero attached hydrogens (tertiary/aromatic N) is 1. The topological polar surface area (TPSA) is 12.9 Å². The van der Waals surface area contributed by atoms with Crippen LogP contribution in [-0.2, 0) is 0 Å². The van der Waals surface area contributed by atoms with Gasteiger partial charge in [0, 0.05) is 17.0 Å². The molecule has 0 spiro atoms. The third-order valence-electron chi connectivity index (χ3n) is 4.05. The summed E-state index contributed by atoms with van der Waals surface area (Å²) >= 11 is 0. The van der Waals surface area contributed by atoms with Gasteiger partial charge in [0.15, 0.2) is 0 Å². The smallest absolute Gasteiger partial charge is 0.0780 e. The Morgan fingerprint density at radius 1 is 0.714 bits per heavy atom. The van der Waals surface area contributed by atoms with Crippen LogP contribution in [0.4, 0.5) is 0 Å². The molecule has 1 aromatic heterocycles. The molecule has 21 heavy (non-hydrogen) atoms. The number of hydrogen-bond donors (Lipinski definition) is 0. The summed E-state index contributed by atoms with van der Waals surface area (Å²) in [6.45, 7) is 2.16. The molecule has 0 radical (unpaired) electrons. The molecule has 0 fully saturated rings. The van der Waals surface area contributed by atoms with E-state index in [4.69, 9.17) is 0 Å². The Labute approximate surface area is 123 Å². The molecule has 0 saturated heterocycles. The van der Waals surface area contributed by atoms with E-state index >= 15 is 0 Å². The monoisotopic (exact) mass is 269 g/mol. The molecular weight excluding hydrogens is 254 g/mol. The molecular formula is C20H15N. The van der Waals surface area contributed by atoms with Crippen molar-refractivity contribution in [3.63, 3.8) is 0 Å². The molecule has 1 nitrogen and oxygen atoms in total. The molecule has 0 aliphatic carbocycles. The Morgan fingerprint density at radius 2 is 1.48 bits per heavy atom. The van der Waals surface area contributed by atoms with E-state index in [2.05, 4.69) is 72.6 Å². The molecule has 0 N–H and O–H groups in total. The van der Waals surface area contributed by atoms with E-state index in [9.17, 15) is 0 Å². The normalized spacial score (nSPS) is 11.1. The van der Waals surface area contributed by atoms with Gasteiger partial charge in [-0.25, -0.2) is 0 Å². The molecule has 0 saturated carbocycles. The third kappa shape index (κ3) is 1.90. The van der Waals surface area contributed by atoms with Crippen molar-refractivity contribution in [1.82, 2.24) is 4.98 Å². The van der Waals surface area contributed by atoms with Crippen molar-refractivity contribution in [2.45, 2.75) is 6.92 Å². The van der Waals surface area contributed by atoms with E-state index in [1.807, 2.05) is 12.3 Å². The van der Waals surface area contributed by atoms with E-state index in [0.717, 1.165) is 5.52 Å². The molecule has 0 aliphatic heterocycles.